The summed E-state index contributed by atoms with van der Waals surface area (Å²) in [6.07, 6.45) is 1.02. The highest BCUT2D eigenvalue weighted by Crippen LogP contribution is 2.26. The molecule has 0 saturated carbocycles. The fourth-order valence-electron chi connectivity index (χ4n) is 2.19. The zero-order valence-electron chi connectivity index (χ0n) is 11.9. The number of hydrogen-bond donors (Lipinski definition) is 2. The molecule has 0 bridgehead atoms. The van der Waals surface area contributed by atoms with Crippen LogP contribution >= 0.6 is 0 Å². The van der Waals surface area contributed by atoms with Gasteiger partial charge in [-0.15, -0.1) is 0 Å². The molecule has 1 aromatic heterocycles. The van der Waals surface area contributed by atoms with Crippen LogP contribution in [0.4, 0.5) is 11.6 Å². The van der Waals surface area contributed by atoms with Gasteiger partial charge in [0.05, 0.1) is 6.61 Å². The average Bonchev–Trinajstić information content (AvgIpc) is 2.67. The Bertz CT molecular complexity index is 427. The van der Waals surface area contributed by atoms with Crippen LogP contribution in [0.15, 0.2) is 0 Å². The first-order chi connectivity index (χ1) is 9.13. The van der Waals surface area contributed by atoms with Crippen LogP contribution in [-0.4, -0.2) is 36.3 Å². The monoisotopic (exact) mass is 265 g/mol. The second-order valence-electron chi connectivity index (χ2n) is 5.13. The topological polar surface area (TPSA) is 76.3 Å². The van der Waals surface area contributed by atoms with Gasteiger partial charge >= 0.3 is 0 Å². The third kappa shape index (κ3) is 3.13. The number of rotatable bonds is 3. The molecular weight excluding hydrogens is 242 g/mol. The summed E-state index contributed by atoms with van der Waals surface area (Å²) in [5.74, 6) is 8.33. The van der Waals surface area contributed by atoms with E-state index in [1.807, 2.05) is 6.92 Å². The SMILES string of the molecule is Cc1c(NN)nc(C(C)C)nc1N1CCCOCC1. The van der Waals surface area contributed by atoms with E-state index in [1.54, 1.807) is 0 Å². The smallest absolute Gasteiger partial charge is 0.148 e. The molecular formula is C13H23N5O. The highest BCUT2D eigenvalue weighted by Gasteiger charge is 2.18. The quantitative estimate of drug-likeness (QED) is 0.636. The fourth-order valence-corrected chi connectivity index (χ4v) is 2.19. The van der Waals surface area contributed by atoms with E-state index >= 15 is 0 Å². The Hall–Kier alpha value is -1.40. The number of nitrogen functional groups attached to an aromatic ring is 1. The van der Waals surface area contributed by atoms with Crippen molar-refractivity contribution in [1.82, 2.24) is 9.97 Å². The van der Waals surface area contributed by atoms with E-state index in [0.717, 1.165) is 49.9 Å². The lowest BCUT2D eigenvalue weighted by atomic mass is 10.2. The Balaban J connectivity index is 2.38. The van der Waals surface area contributed by atoms with Gasteiger partial charge in [-0.2, -0.15) is 0 Å². The van der Waals surface area contributed by atoms with Crippen LogP contribution in [0, 0.1) is 6.92 Å². The second-order valence-corrected chi connectivity index (χ2v) is 5.13. The Labute approximate surface area is 114 Å². The molecule has 3 N–H and O–H groups in total. The standard InChI is InChI=1S/C13H23N5O/c1-9(2)11-15-12(17-14)10(3)13(16-11)18-5-4-7-19-8-6-18/h9H,4-8,14H2,1-3H3,(H,15,16,17). The summed E-state index contributed by atoms with van der Waals surface area (Å²) in [4.78, 5) is 11.4. The molecule has 2 rings (SSSR count). The molecule has 2 heterocycles. The maximum atomic E-state index is 5.57. The molecule has 0 amide bonds. The summed E-state index contributed by atoms with van der Waals surface area (Å²) >= 11 is 0. The van der Waals surface area contributed by atoms with Crippen molar-refractivity contribution in [3.8, 4) is 0 Å². The molecule has 0 unspecified atom stereocenters. The minimum Gasteiger partial charge on any atom is -0.380 e. The third-order valence-electron chi connectivity index (χ3n) is 3.31. The van der Waals surface area contributed by atoms with Crippen molar-refractivity contribution >= 4 is 11.6 Å². The van der Waals surface area contributed by atoms with Crippen molar-refractivity contribution in [1.29, 1.82) is 0 Å². The summed E-state index contributed by atoms with van der Waals surface area (Å²) in [7, 11) is 0. The van der Waals surface area contributed by atoms with Gasteiger partial charge in [0.1, 0.15) is 17.5 Å². The van der Waals surface area contributed by atoms with Crippen LogP contribution in [0.1, 0.15) is 37.6 Å². The Morgan fingerprint density at radius 3 is 2.74 bits per heavy atom. The van der Waals surface area contributed by atoms with Crippen molar-refractivity contribution in [2.24, 2.45) is 5.84 Å². The van der Waals surface area contributed by atoms with Gasteiger partial charge in [-0.25, -0.2) is 15.8 Å². The van der Waals surface area contributed by atoms with Crippen molar-refractivity contribution < 1.29 is 4.74 Å². The number of ether oxygens (including phenoxy) is 1. The Morgan fingerprint density at radius 1 is 1.26 bits per heavy atom. The molecule has 0 atom stereocenters. The van der Waals surface area contributed by atoms with Crippen LogP contribution < -0.4 is 16.2 Å². The summed E-state index contributed by atoms with van der Waals surface area (Å²) < 4.78 is 5.49. The summed E-state index contributed by atoms with van der Waals surface area (Å²) in [6, 6.07) is 0. The lowest BCUT2D eigenvalue weighted by Crippen LogP contribution is -2.29. The minimum absolute atomic E-state index is 0.273. The molecule has 0 aliphatic carbocycles. The van der Waals surface area contributed by atoms with Crippen molar-refractivity contribution in [2.75, 3.05) is 36.6 Å². The molecule has 1 fully saturated rings. The van der Waals surface area contributed by atoms with Gasteiger partial charge in [-0.3, -0.25) is 0 Å². The van der Waals surface area contributed by atoms with Crippen LogP contribution in [0.25, 0.3) is 0 Å². The second kappa shape index (κ2) is 6.16. The zero-order chi connectivity index (χ0) is 13.8. The van der Waals surface area contributed by atoms with Crippen LogP contribution in [0.3, 0.4) is 0 Å². The maximum Gasteiger partial charge on any atom is 0.148 e. The maximum absolute atomic E-state index is 5.57. The number of nitrogens with zero attached hydrogens (tertiary/aromatic N) is 3. The number of nitrogens with two attached hydrogens (primary N) is 1. The molecule has 6 nitrogen and oxygen atoms in total. The van der Waals surface area contributed by atoms with Gasteiger partial charge in [0, 0.05) is 31.2 Å². The highest BCUT2D eigenvalue weighted by molar-refractivity contribution is 5.58. The molecule has 0 aromatic carbocycles. The molecule has 1 aromatic rings. The molecule has 0 spiro atoms. The fraction of sp³-hybridized carbons (Fsp3) is 0.692. The normalized spacial score (nSPS) is 16.6. The van der Waals surface area contributed by atoms with Gasteiger partial charge in [-0.1, -0.05) is 13.8 Å². The molecule has 1 aliphatic heterocycles. The van der Waals surface area contributed by atoms with E-state index < -0.39 is 0 Å². The van der Waals surface area contributed by atoms with E-state index in [2.05, 4.69) is 29.2 Å². The molecule has 19 heavy (non-hydrogen) atoms. The van der Waals surface area contributed by atoms with Crippen molar-refractivity contribution in [3.05, 3.63) is 11.4 Å². The number of aromatic nitrogens is 2. The molecule has 1 saturated heterocycles. The molecule has 0 radical (unpaired) electrons. The van der Waals surface area contributed by atoms with Crippen molar-refractivity contribution in [2.45, 2.75) is 33.1 Å². The lowest BCUT2D eigenvalue weighted by molar-refractivity contribution is 0.152. The van der Waals surface area contributed by atoms with Gasteiger partial charge < -0.3 is 15.1 Å². The van der Waals surface area contributed by atoms with Gasteiger partial charge in [-0.05, 0) is 13.3 Å². The molecule has 1 aliphatic rings. The van der Waals surface area contributed by atoms with E-state index in [4.69, 9.17) is 15.6 Å². The molecule has 6 heteroatoms. The number of nitrogens with one attached hydrogen (secondary N) is 1. The van der Waals surface area contributed by atoms with E-state index in [-0.39, 0.29) is 5.92 Å². The predicted molar refractivity (Wildman–Crippen MR) is 76.3 cm³/mol. The summed E-state index contributed by atoms with van der Waals surface area (Å²) in [5, 5.41) is 0. The van der Waals surface area contributed by atoms with Gasteiger partial charge in [0.2, 0.25) is 0 Å². The third-order valence-corrected chi connectivity index (χ3v) is 3.31. The van der Waals surface area contributed by atoms with Crippen LogP contribution in [0.5, 0.6) is 0 Å². The number of hydrogen-bond acceptors (Lipinski definition) is 6. The first-order valence-corrected chi connectivity index (χ1v) is 6.81. The van der Waals surface area contributed by atoms with E-state index in [0.29, 0.717) is 5.82 Å². The zero-order valence-corrected chi connectivity index (χ0v) is 11.9. The van der Waals surface area contributed by atoms with Crippen LogP contribution in [0.2, 0.25) is 0 Å². The predicted octanol–water partition coefficient (Wildman–Crippen LogP) is 1.42. The highest BCUT2D eigenvalue weighted by atomic mass is 16.5. The van der Waals surface area contributed by atoms with E-state index in [9.17, 15) is 0 Å². The number of anilines is 2. The first kappa shape index (κ1) is 14.0. The largest absolute Gasteiger partial charge is 0.380 e. The van der Waals surface area contributed by atoms with Gasteiger partial charge in [0.25, 0.3) is 0 Å². The summed E-state index contributed by atoms with van der Waals surface area (Å²) in [5.41, 5.74) is 3.67. The Morgan fingerprint density at radius 2 is 2.05 bits per heavy atom. The van der Waals surface area contributed by atoms with Crippen molar-refractivity contribution in [3.63, 3.8) is 0 Å². The van der Waals surface area contributed by atoms with E-state index in [1.165, 1.54) is 0 Å². The van der Waals surface area contributed by atoms with Crippen LogP contribution in [-0.2, 0) is 4.74 Å². The minimum atomic E-state index is 0.273. The average molecular weight is 265 g/mol. The lowest BCUT2D eigenvalue weighted by Gasteiger charge is -2.24. The Kier molecular flexibility index (Phi) is 4.55. The molecule has 106 valence electrons. The van der Waals surface area contributed by atoms with Gasteiger partial charge in [0.15, 0.2) is 0 Å². The summed E-state index contributed by atoms with van der Waals surface area (Å²) in [6.45, 7) is 9.55. The number of hydrazine groups is 1. The first-order valence-electron chi connectivity index (χ1n) is 6.81.